The molecular weight excluding hydrogens is 272 g/mol. The molecule has 2 rings (SSSR count). The van der Waals surface area contributed by atoms with Crippen molar-refractivity contribution >= 4 is 23.1 Å². The molecule has 0 aliphatic rings. The molecule has 0 aliphatic carbocycles. The summed E-state index contributed by atoms with van der Waals surface area (Å²) in [5.74, 6) is -0.689. The average molecular weight is 284 g/mol. The predicted octanol–water partition coefficient (Wildman–Crippen LogP) is 4.10. The maximum Gasteiger partial charge on any atom is 0.146 e. The van der Waals surface area contributed by atoms with Crippen LogP contribution in [-0.4, -0.2) is 9.97 Å². The molecule has 1 aromatic heterocycles. The lowest BCUT2D eigenvalue weighted by Crippen LogP contribution is -2.03. The molecule has 0 unspecified atom stereocenters. The zero-order valence-electron chi connectivity index (χ0n) is 10.3. The van der Waals surface area contributed by atoms with Crippen LogP contribution in [0.5, 0.6) is 0 Å². The second-order valence-corrected chi connectivity index (χ2v) is 4.35. The molecule has 0 spiro atoms. The summed E-state index contributed by atoms with van der Waals surface area (Å²) in [6.45, 7) is 1.98. The van der Waals surface area contributed by atoms with Gasteiger partial charge in [-0.05, 0) is 18.6 Å². The SMILES string of the molecule is CCCc1c(Cl)ncnc1Nc1cc(F)ccc1F. The van der Waals surface area contributed by atoms with Crippen molar-refractivity contribution in [3.8, 4) is 0 Å². The Balaban J connectivity index is 2.37. The van der Waals surface area contributed by atoms with E-state index in [2.05, 4.69) is 15.3 Å². The molecule has 0 radical (unpaired) electrons. The summed E-state index contributed by atoms with van der Waals surface area (Å²) in [5.41, 5.74) is 0.711. The van der Waals surface area contributed by atoms with Crippen LogP contribution >= 0.6 is 11.6 Å². The Morgan fingerprint density at radius 1 is 1.26 bits per heavy atom. The molecule has 0 saturated carbocycles. The fraction of sp³-hybridized carbons (Fsp3) is 0.231. The highest BCUT2D eigenvalue weighted by molar-refractivity contribution is 6.30. The van der Waals surface area contributed by atoms with E-state index >= 15 is 0 Å². The summed E-state index contributed by atoms with van der Waals surface area (Å²) in [6, 6.07) is 3.18. The molecule has 19 heavy (non-hydrogen) atoms. The third-order valence-corrected chi connectivity index (χ3v) is 2.90. The molecule has 3 nitrogen and oxygen atoms in total. The molecule has 0 amide bonds. The van der Waals surface area contributed by atoms with Gasteiger partial charge in [-0.25, -0.2) is 18.7 Å². The summed E-state index contributed by atoms with van der Waals surface area (Å²) >= 11 is 5.99. The quantitative estimate of drug-likeness (QED) is 0.858. The maximum atomic E-state index is 13.6. The number of nitrogens with one attached hydrogen (secondary N) is 1. The lowest BCUT2D eigenvalue weighted by Gasteiger charge is -2.11. The van der Waals surface area contributed by atoms with Crippen LogP contribution in [0.15, 0.2) is 24.5 Å². The Hall–Kier alpha value is -1.75. The van der Waals surface area contributed by atoms with Crippen LogP contribution in [-0.2, 0) is 6.42 Å². The monoisotopic (exact) mass is 283 g/mol. The smallest absolute Gasteiger partial charge is 0.146 e. The predicted molar refractivity (Wildman–Crippen MR) is 70.7 cm³/mol. The minimum Gasteiger partial charge on any atom is -0.337 e. The third-order valence-electron chi connectivity index (χ3n) is 2.57. The van der Waals surface area contributed by atoms with Gasteiger partial charge >= 0.3 is 0 Å². The molecule has 0 fully saturated rings. The summed E-state index contributed by atoms with van der Waals surface area (Å²) < 4.78 is 26.7. The number of halogens is 3. The number of aromatic nitrogens is 2. The van der Waals surface area contributed by atoms with Gasteiger partial charge in [-0.1, -0.05) is 24.9 Å². The first-order valence-corrected chi connectivity index (χ1v) is 6.21. The molecule has 0 saturated heterocycles. The molecule has 0 atom stereocenters. The van der Waals surface area contributed by atoms with Gasteiger partial charge in [0, 0.05) is 11.6 Å². The van der Waals surface area contributed by atoms with Crippen LogP contribution in [0.1, 0.15) is 18.9 Å². The molecule has 0 bridgehead atoms. The van der Waals surface area contributed by atoms with Crippen LogP contribution in [0.2, 0.25) is 5.15 Å². The van der Waals surface area contributed by atoms with Crippen molar-refractivity contribution in [2.24, 2.45) is 0 Å². The zero-order chi connectivity index (χ0) is 13.8. The lowest BCUT2D eigenvalue weighted by atomic mass is 10.2. The Bertz CT molecular complexity index is 590. The van der Waals surface area contributed by atoms with Gasteiger partial charge in [0.1, 0.15) is 28.9 Å². The van der Waals surface area contributed by atoms with Gasteiger partial charge < -0.3 is 5.32 Å². The van der Waals surface area contributed by atoms with Crippen molar-refractivity contribution in [3.63, 3.8) is 0 Å². The second kappa shape index (κ2) is 5.93. The van der Waals surface area contributed by atoms with Gasteiger partial charge in [0.25, 0.3) is 0 Å². The van der Waals surface area contributed by atoms with Gasteiger partial charge in [-0.15, -0.1) is 0 Å². The van der Waals surface area contributed by atoms with Crippen LogP contribution in [0.3, 0.4) is 0 Å². The van der Waals surface area contributed by atoms with Gasteiger partial charge in [-0.2, -0.15) is 0 Å². The lowest BCUT2D eigenvalue weighted by molar-refractivity contribution is 0.603. The molecule has 2 aromatic rings. The van der Waals surface area contributed by atoms with Crippen molar-refractivity contribution in [2.45, 2.75) is 19.8 Å². The molecule has 100 valence electrons. The highest BCUT2D eigenvalue weighted by atomic mass is 35.5. The van der Waals surface area contributed by atoms with E-state index in [4.69, 9.17) is 11.6 Å². The molecule has 1 N–H and O–H groups in total. The summed E-state index contributed by atoms with van der Waals surface area (Å²) in [5, 5.41) is 3.07. The van der Waals surface area contributed by atoms with Crippen molar-refractivity contribution in [3.05, 3.63) is 46.9 Å². The van der Waals surface area contributed by atoms with Crippen molar-refractivity contribution in [1.82, 2.24) is 9.97 Å². The Morgan fingerprint density at radius 2 is 2.05 bits per heavy atom. The second-order valence-electron chi connectivity index (χ2n) is 3.99. The summed E-state index contributed by atoms with van der Waals surface area (Å²) in [4.78, 5) is 7.91. The minimum atomic E-state index is -0.557. The number of benzene rings is 1. The van der Waals surface area contributed by atoms with E-state index in [0.29, 0.717) is 23.0 Å². The number of hydrogen-bond donors (Lipinski definition) is 1. The highest BCUT2D eigenvalue weighted by Crippen LogP contribution is 2.26. The van der Waals surface area contributed by atoms with Gasteiger partial charge in [0.05, 0.1) is 5.69 Å². The van der Waals surface area contributed by atoms with Gasteiger partial charge in [0.2, 0.25) is 0 Å². The Morgan fingerprint density at radius 3 is 2.79 bits per heavy atom. The standard InChI is InChI=1S/C13H12ClF2N3/c1-2-3-9-12(14)17-7-18-13(9)19-11-6-8(15)4-5-10(11)16/h4-7H,2-3H2,1H3,(H,17,18,19). The summed E-state index contributed by atoms with van der Waals surface area (Å²) in [7, 11) is 0. The van der Waals surface area contributed by atoms with Crippen LogP contribution in [0, 0.1) is 11.6 Å². The molecule has 6 heteroatoms. The van der Waals surface area contributed by atoms with Crippen molar-refractivity contribution in [1.29, 1.82) is 0 Å². The number of anilines is 2. The van der Waals surface area contributed by atoms with E-state index in [1.54, 1.807) is 0 Å². The van der Waals surface area contributed by atoms with E-state index in [1.807, 2.05) is 6.92 Å². The van der Waals surface area contributed by atoms with Gasteiger partial charge in [0.15, 0.2) is 0 Å². The molecular formula is C13H12ClF2N3. The Labute approximate surface area is 114 Å². The summed E-state index contributed by atoms with van der Waals surface area (Å²) in [6.07, 6.45) is 2.77. The number of hydrogen-bond acceptors (Lipinski definition) is 3. The first-order valence-electron chi connectivity index (χ1n) is 5.83. The molecule has 1 aromatic carbocycles. The van der Waals surface area contributed by atoms with E-state index in [1.165, 1.54) is 6.33 Å². The number of rotatable bonds is 4. The van der Waals surface area contributed by atoms with Crippen molar-refractivity contribution in [2.75, 3.05) is 5.32 Å². The first kappa shape index (κ1) is 13.7. The van der Waals surface area contributed by atoms with E-state index < -0.39 is 11.6 Å². The first-order chi connectivity index (χ1) is 9.11. The largest absolute Gasteiger partial charge is 0.337 e. The van der Waals surface area contributed by atoms with Crippen LogP contribution in [0.25, 0.3) is 0 Å². The minimum absolute atomic E-state index is 0.0205. The van der Waals surface area contributed by atoms with E-state index in [0.717, 1.165) is 24.6 Å². The molecule has 1 heterocycles. The van der Waals surface area contributed by atoms with Crippen molar-refractivity contribution < 1.29 is 8.78 Å². The average Bonchev–Trinajstić information content (AvgIpc) is 2.38. The normalized spacial score (nSPS) is 10.5. The van der Waals surface area contributed by atoms with Crippen LogP contribution in [0.4, 0.5) is 20.3 Å². The van der Waals surface area contributed by atoms with E-state index in [-0.39, 0.29) is 5.69 Å². The number of nitrogens with zero attached hydrogens (tertiary/aromatic N) is 2. The van der Waals surface area contributed by atoms with Gasteiger partial charge in [-0.3, -0.25) is 0 Å². The fourth-order valence-electron chi connectivity index (χ4n) is 1.69. The highest BCUT2D eigenvalue weighted by Gasteiger charge is 2.11. The van der Waals surface area contributed by atoms with Crippen LogP contribution < -0.4 is 5.32 Å². The van der Waals surface area contributed by atoms with E-state index in [9.17, 15) is 8.78 Å². The molecule has 0 aliphatic heterocycles. The zero-order valence-corrected chi connectivity index (χ0v) is 11.0. The maximum absolute atomic E-state index is 13.6. The topological polar surface area (TPSA) is 37.8 Å². The third kappa shape index (κ3) is 3.17. The Kier molecular flexibility index (Phi) is 4.27. The fourth-order valence-corrected chi connectivity index (χ4v) is 1.92.